The van der Waals surface area contributed by atoms with Crippen LogP contribution < -0.4 is 0 Å². The van der Waals surface area contributed by atoms with Crippen molar-refractivity contribution >= 4 is 20.3 Å². The molecule has 2 aliphatic heterocycles. The summed E-state index contributed by atoms with van der Waals surface area (Å²) in [5.74, 6) is -3.17. The minimum Gasteiger partial charge on any atom is -0.455 e. The van der Waals surface area contributed by atoms with Crippen LogP contribution >= 0.6 is 0 Å². The third kappa shape index (κ3) is 5.32. The molecule has 1 aromatic rings. The Balaban J connectivity index is 1.66. The fraction of sp³-hybridized carbons (Fsp3) is 0.737. The first-order valence-corrected chi connectivity index (χ1v) is 20.6. The number of aliphatic hydroxyl groups excluding tert-OH is 1. The Morgan fingerprint density at radius 3 is 2.18 bits per heavy atom. The van der Waals surface area contributed by atoms with Gasteiger partial charge in [-0.05, 0) is 62.2 Å². The summed E-state index contributed by atoms with van der Waals surface area (Å²) in [7, 11) is -2.24. The second-order valence-electron chi connectivity index (χ2n) is 16.3. The highest BCUT2D eigenvalue weighted by Gasteiger charge is 2.79. The van der Waals surface area contributed by atoms with Crippen molar-refractivity contribution in [1.82, 2.24) is 0 Å². The summed E-state index contributed by atoms with van der Waals surface area (Å²) < 4.78 is 39.9. The van der Waals surface area contributed by atoms with Gasteiger partial charge in [0, 0.05) is 30.6 Å². The van der Waals surface area contributed by atoms with Gasteiger partial charge in [-0.25, -0.2) is 4.79 Å². The zero-order valence-corrected chi connectivity index (χ0v) is 31.8. The molecule has 0 spiro atoms. The average molecular weight is 701 g/mol. The van der Waals surface area contributed by atoms with E-state index in [1.165, 1.54) is 6.92 Å². The van der Waals surface area contributed by atoms with Gasteiger partial charge in [-0.3, -0.25) is 4.79 Å². The number of aliphatic hydroxyl groups is 2. The van der Waals surface area contributed by atoms with E-state index in [4.69, 9.17) is 28.1 Å². The van der Waals surface area contributed by atoms with Crippen LogP contribution in [0.25, 0.3) is 0 Å². The number of rotatable bonds is 8. The first-order valence-electron chi connectivity index (χ1n) is 18.1. The molecule has 0 amide bonds. The third-order valence-corrected chi connectivity index (χ3v) is 17.9. The van der Waals surface area contributed by atoms with E-state index in [1.54, 1.807) is 24.3 Å². The lowest BCUT2D eigenvalue weighted by atomic mass is 9.44. The van der Waals surface area contributed by atoms with E-state index in [9.17, 15) is 19.8 Å². The van der Waals surface area contributed by atoms with E-state index in [2.05, 4.69) is 27.7 Å². The van der Waals surface area contributed by atoms with E-state index >= 15 is 0 Å². The maximum absolute atomic E-state index is 14.2. The topological polar surface area (TPSA) is 130 Å². The summed E-state index contributed by atoms with van der Waals surface area (Å²) in [6.45, 7) is 19.5. The van der Waals surface area contributed by atoms with Gasteiger partial charge >= 0.3 is 11.9 Å². The molecule has 2 saturated heterocycles. The molecule has 10 atom stereocenters. The van der Waals surface area contributed by atoms with Crippen molar-refractivity contribution in [3.63, 3.8) is 0 Å². The molecular weight excluding hydrogens is 644 g/mol. The van der Waals surface area contributed by atoms with Crippen LogP contribution in [0, 0.1) is 16.7 Å². The van der Waals surface area contributed by atoms with Gasteiger partial charge in [0.2, 0.25) is 0 Å². The summed E-state index contributed by atoms with van der Waals surface area (Å²) in [4.78, 5) is 27.2. The fourth-order valence-electron chi connectivity index (χ4n) is 10.2. The predicted molar refractivity (Wildman–Crippen MR) is 184 cm³/mol. The van der Waals surface area contributed by atoms with E-state index < -0.39 is 90.6 Å². The molecule has 6 rings (SSSR count). The highest BCUT2D eigenvalue weighted by atomic mass is 28.4. The fourth-order valence-corrected chi connectivity index (χ4v) is 13.1. The van der Waals surface area contributed by atoms with Crippen molar-refractivity contribution in [3.8, 4) is 0 Å². The second kappa shape index (κ2) is 12.2. The minimum absolute atomic E-state index is 0.0148. The van der Waals surface area contributed by atoms with Crippen molar-refractivity contribution < 1.29 is 47.9 Å². The highest BCUT2D eigenvalue weighted by Crippen LogP contribution is 2.67. The van der Waals surface area contributed by atoms with Crippen LogP contribution in [0.3, 0.4) is 0 Å². The molecule has 49 heavy (non-hydrogen) atoms. The van der Waals surface area contributed by atoms with Gasteiger partial charge in [0.05, 0.1) is 36.4 Å². The maximum Gasteiger partial charge on any atom is 0.338 e. The molecule has 3 aliphatic carbocycles. The van der Waals surface area contributed by atoms with Crippen LogP contribution in [0.15, 0.2) is 41.5 Å². The minimum atomic E-state index is -2.24. The largest absolute Gasteiger partial charge is 0.455 e. The number of hydrogen-bond acceptors (Lipinski definition) is 10. The normalized spacial score (nSPS) is 40.5. The molecule has 0 unspecified atom stereocenters. The van der Waals surface area contributed by atoms with Gasteiger partial charge in [-0.15, -0.1) is 0 Å². The number of ether oxygens (including phenoxy) is 5. The molecule has 5 aliphatic rings. The lowest BCUT2D eigenvalue weighted by Crippen LogP contribution is -2.82. The zero-order chi connectivity index (χ0) is 35.9. The zero-order valence-electron chi connectivity index (χ0n) is 30.8. The molecule has 11 heteroatoms. The third-order valence-electron chi connectivity index (χ3n) is 13.2. The Kier molecular flexibility index (Phi) is 9.16. The maximum atomic E-state index is 14.2. The number of esters is 2. The molecular formula is C38H56O10Si. The van der Waals surface area contributed by atoms with Crippen LogP contribution in [0.1, 0.15) is 92.4 Å². The van der Waals surface area contributed by atoms with Crippen molar-refractivity contribution in [1.29, 1.82) is 0 Å². The SMILES string of the molecule is CC[Si](CC)(CC)O[C@H]1C[C@@]2(O)[C@@H](OC(=O)c3ccccc3)[C@@H]3[C@]4(OC(C)=O)CO[C@@H]4C[C@H](O)[C@@]3(C)[C@@H]3OC(C)(C)O[C@@H]3C(=C1C)C2(C)C. The molecule has 2 N–H and O–H groups in total. The Morgan fingerprint density at radius 2 is 1.63 bits per heavy atom. The number of carbonyl (C=O) groups is 2. The standard InChI is InChI=1S/C38H56O10Si/c1-11-49(12-2,13-3)48-25-20-38(42)32(44-33(41)24-17-15-14-16-18-24)30-36(10,26(40)19-27-37(30,21-43-27)45-23(5)39)31-29(46-35(8,9)47-31)28(22(25)4)34(38,6)7/h14-18,25-27,29-32,40,42H,11-13,19-21H2,1-10H3/t25-,26-,27+,29+,30-,31+,32-,36+,37-,38+/m0/s1. The molecule has 0 radical (unpaired) electrons. The summed E-state index contributed by atoms with van der Waals surface area (Å²) in [6.07, 6.45) is -4.69. The van der Waals surface area contributed by atoms with Crippen molar-refractivity contribution in [3.05, 3.63) is 47.0 Å². The van der Waals surface area contributed by atoms with E-state index in [1.807, 2.05) is 40.7 Å². The predicted octanol–water partition coefficient (Wildman–Crippen LogP) is 5.70. The van der Waals surface area contributed by atoms with Crippen LogP contribution in [-0.4, -0.2) is 90.7 Å². The van der Waals surface area contributed by atoms with Crippen molar-refractivity contribution in [2.75, 3.05) is 6.61 Å². The number of benzene rings is 1. The van der Waals surface area contributed by atoms with Crippen LogP contribution in [-0.2, 0) is 32.9 Å². The van der Waals surface area contributed by atoms with Gasteiger partial charge in [-0.1, -0.05) is 59.7 Å². The van der Waals surface area contributed by atoms with Gasteiger partial charge in [0.15, 0.2) is 19.7 Å². The molecule has 10 nitrogen and oxygen atoms in total. The van der Waals surface area contributed by atoms with Crippen molar-refractivity contribution in [2.24, 2.45) is 16.7 Å². The van der Waals surface area contributed by atoms with Crippen LogP contribution in [0.4, 0.5) is 0 Å². The number of hydrogen-bond donors (Lipinski definition) is 2. The first kappa shape index (κ1) is 36.7. The Labute approximate surface area is 291 Å². The lowest BCUT2D eigenvalue weighted by molar-refractivity contribution is -0.362. The average Bonchev–Trinajstić information content (AvgIpc) is 3.37. The molecule has 0 aromatic heterocycles. The van der Waals surface area contributed by atoms with Gasteiger partial charge in [0.1, 0.15) is 23.9 Å². The van der Waals surface area contributed by atoms with Crippen LogP contribution in [0.5, 0.6) is 0 Å². The van der Waals surface area contributed by atoms with Gasteiger partial charge in [-0.2, -0.15) is 0 Å². The number of fused-ring (bicyclic) bond motifs is 8. The number of carbonyl (C=O) groups excluding carboxylic acids is 2. The first-order chi connectivity index (χ1) is 22.9. The Bertz CT molecular complexity index is 1480. The highest BCUT2D eigenvalue weighted by molar-refractivity contribution is 6.73. The molecule has 4 fully saturated rings. The van der Waals surface area contributed by atoms with E-state index in [0.29, 0.717) is 5.56 Å². The monoisotopic (exact) mass is 700 g/mol. The molecule has 1 aromatic carbocycles. The molecule has 2 heterocycles. The smallest absolute Gasteiger partial charge is 0.338 e. The molecule has 272 valence electrons. The van der Waals surface area contributed by atoms with Gasteiger partial charge < -0.3 is 38.3 Å². The summed E-state index contributed by atoms with van der Waals surface area (Å²) in [5.41, 5.74) is -3.28. The molecule has 2 bridgehead atoms. The van der Waals surface area contributed by atoms with E-state index in [-0.39, 0.29) is 19.4 Å². The van der Waals surface area contributed by atoms with Crippen LogP contribution in [0.2, 0.25) is 18.1 Å². The van der Waals surface area contributed by atoms with Crippen molar-refractivity contribution in [2.45, 2.75) is 154 Å². The second-order valence-corrected chi connectivity index (χ2v) is 21.0. The molecule has 2 saturated carbocycles. The Morgan fingerprint density at radius 1 is 1.00 bits per heavy atom. The lowest BCUT2D eigenvalue weighted by Gasteiger charge is -2.69. The summed E-state index contributed by atoms with van der Waals surface area (Å²) >= 11 is 0. The summed E-state index contributed by atoms with van der Waals surface area (Å²) in [6, 6.07) is 11.4. The Hall–Kier alpha value is -2.12. The quantitative estimate of drug-likeness (QED) is 0.198. The summed E-state index contributed by atoms with van der Waals surface area (Å²) in [5, 5.41) is 26.0. The van der Waals surface area contributed by atoms with Gasteiger partial charge in [0.25, 0.3) is 0 Å². The van der Waals surface area contributed by atoms with E-state index in [0.717, 1.165) is 29.3 Å².